The Bertz CT molecular complexity index is 442. The minimum Gasteiger partial charge on any atom is -0.389 e. The number of hydrogen-bond acceptors (Lipinski definition) is 5. The summed E-state index contributed by atoms with van der Waals surface area (Å²) < 4.78 is 18.4. The number of benzene rings is 1. The van der Waals surface area contributed by atoms with Crippen molar-refractivity contribution in [3.05, 3.63) is 39.7 Å². The van der Waals surface area contributed by atoms with E-state index < -0.39 is 16.8 Å². The van der Waals surface area contributed by atoms with Crippen LogP contribution in [0.3, 0.4) is 0 Å². The third kappa shape index (κ3) is 4.90. The molecule has 0 heterocycles. The number of rotatable bonds is 7. The van der Waals surface area contributed by atoms with Gasteiger partial charge in [0.05, 0.1) is 23.7 Å². The second-order valence-electron chi connectivity index (χ2n) is 4.34. The molecule has 0 amide bonds. The predicted octanol–water partition coefficient (Wildman–Crippen LogP) is 1.17. The van der Waals surface area contributed by atoms with Gasteiger partial charge in [-0.2, -0.15) is 0 Å². The molecule has 0 saturated heterocycles. The van der Waals surface area contributed by atoms with Crippen LogP contribution in [0, 0.1) is 15.9 Å². The summed E-state index contributed by atoms with van der Waals surface area (Å²) in [6.45, 7) is 0.780. The van der Waals surface area contributed by atoms with Gasteiger partial charge in [-0.1, -0.05) is 0 Å². The zero-order valence-corrected chi connectivity index (χ0v) is 10.9. The van der Waals surface area contributed by atoms with Crippen LogP contribution >= 0.6 is 0 Å². The Morgan fingerprint density at radius 1 is 1.58 bits per heavy atom. The Labute approximate surface area is 110 Å². The van der Waals surface area contributed by atoms with Crippen LogP contribution in [0.1, 0.15) is 5.56 Å². The average molecular weight is 272 g/mol. The van der Waals surface area contributed by atoms with Crippen molar-refractivity contribution < 1.29 is 19.2 Å². The molecule has 1 aromatic rings. The summed E-state index contributed by atoms with van der Waals surface area (Å²) in [6, 6.07) is 3.54. The molecule has 7 heteroatoms. The highest BCUT2D eigenvalue weighted by Gasteiger charge is 2.13. The lowest BCUT2D eigenvalue weighted by Gasteiger charge is -2.20. The number of non-ortho nitro benzene ring substituents is 1. The molecule has 6 nitrogen and oxygen atoms in total. The molecule has 1 N–H and O–H groups in total. The fourth-order valence-corrected chi connectivity index (χ4v) is 1.74. The normalized spacial score (nSPS) is 12.7. The molecule has 0 aliphatic carbocycles. The number of hydrogen-bond donors (Lipinski definition) is 1. The molecule has 19 heavy (non-hydrogen) atoms. The van der Waals surface area contributed by atoms with Crippen LogP contribution in [-0.2, 0) is 11.3 Å². The summed E-state index contributed by atoms with van der Waals surface area (Å²) >= 11 is 0. The lowest BCUT2D eigenvalue weighted by molar-refractivity contribution is -0.385. The molecule has 0 spiro atoms. The zero-order valence-electron chi connectivity index (χ0n) is 10.9. The van der Waals surface area contributed by atoms with E-state index >= 15 is 0 Å². The lowest BCUT2D eigenvalue weighted by Crippen LogP contribution is -2.31. The molecular formula is C12H17FN2O4. The van der Waals surface area contributed by atoms with Crippen molar-refractivity contribution in [1.82, 2.24) is 4.90 Å². The van der Waals surface area contributed by atoms with E-state index in [4.69, 9.17) is 4.74 Å². The molecule has 1 aromatic carbocycles. The highest BCUT2D eigenvalue weighted by Crippen LogP contribution is 2.17. The van der Waals surface area contributed by atoms with Crippen molar-refractivity contribution in [2.75, 3.05) is 27.3 Å². The molecule has 0 aliphatic rings. The first-order valence-corrected chi connectivity index (χ1v) is 5.72. The van der Waals surface area contributed by atoms with Crippen LogP contribution < -0.4 is 0 Å². The minimum absolute atomic E-state index is 0.201. The minimum atomic E-state index is -0.656. The molecule has 0 bridgehead atoms. The van der Waals surface area contributed by atoms with Crippen molar-refractivity contribution >= 4 is 5.69 Å². The largest absolute Gasteiger partial charge is 0.389 e. The first kappa shape index (κ1) is 15.5. The van der Waals surface area contributed by atoms with Crippen LogP contribution in [0.25, 0.3) is 0 Å². The van der Waals surface area contributed by atoms with Gasteiger partial charge in [-0.05, 0) is 13.1 Å². The number of likely N-dealkylation sites (N-methyl/N-ethyl adjacent to an activating group) is 1. The summed E-state index contributed by atoms with van der Waals surface area (Å²) in [7, 11) is 3.21. The molecule has 0 aromatic heterocycles. The third-order valence-electron chi connectivity index (χ3n) is 2.57. The van der Waals surface area contributed by atoms with E-state index in [9.17, 15) is 19.6 Å². The maximum Gasteiger partial charge on any atom is 0.272 e. The quantitative estimate of drug-likeness (QED) is 0.595. The summed E-state index contributed by atoms with van der Waals surface area (Å²) in [6.07, 6.45) is -0.656. The van der Waals surface area contributed by atoms with Crippen LogP contribution in [0.15, 0.2) is 18.2 Å². The predicted molar refractivity (Wildman–Crippen MR) is 67.3 cm³/mol. The summed E-state index contributed by atoms with van der Waals surface area (Å²) in [5.41, 5.74) is 0.0704. The standard InChI is InChI=1S/C12H17FN2O4/c1-14(7-11(16)8-19-2)6-9-3-4-10(15(17)18)5-12(9)13/h3-5,11,16H,6-8H2,1-2H3. The topological polar surface area (TPSA) is 75.8 Å². The van der Waals surface area contributed by atoms with Gasteiger partial charge >= 0.3 is 0 Å². The smallest absolute Gasteiger partial charge is 0.272 e. The Kier molecular flexibility index (Phi) is 5.81. The first-order chi connectivity index (χ1) is 8.93. The van der Waals surface area contributed by atoms with E-state index in [0.29, 0.717) is 12.1 Å². The Balaban J connectivity index is 2.64. The van der Waals surface area contributed by atoms with Crippen molar-refractivity contribution in [2.24, 2.45) is 0 Å². The average Bonchev–Trinajstić information content (AvgIpc) is 2.31. The molecule has 106 valence electrons. The van der Waals surface area contributed by atoms with Gasteiger partial charge in [-0.3, -0.25) is 15.0 Å². The van der Waals surface area contributed by atoms with Crippen LogP contribution in [0.4, 0.5) is 10.1 Å². The number of nitro benzene ring substituents is 1. The lowest BCUT2D eigenvalue weighted by atomic mass is 10.1. The molecule has 0 saturated carbocycles. The Hall–Kier alpha value is -1.57. The van der Waals surface area contributed by atoms with E-state index in [2.05, 4.69) is 0 Å². The fourth-order valence-electron chi connectivity index (χ4n) is 1.74. The van der Waals surface area contributed by atoms with Crippen molar-refractivity contribution in [2.45, 2.75) is 12.6 Å². The fraction of sp³-hybridized carbons (Fsp3) is 0.500. The molecule has 1 rings (SSSR count). The van der Waals surface area contributed by atoms with Gasteiger partial charge in [0, 0.05) is 31.8 Å². The zero-order chi connectivity index (χ0) is 14.4. The van der Waals surface area contributed by atoms with Gasteiger partial charge in [-0.25, -0.2) is 4.39 Å². The molecule has 1 atom stereocenters. The number of nitrogens with zero attached hydrogens (tertiary/aromatic N) is 2. The SMILES string of the molecule is COCC(O)CN(C)Cc1ccc([N+](=O)[O-])cc1F. The Morgan fingerprint density at radius 2 is 2.26 bits per heavy atom. The molecule has 0 fully saturated rings. The highest BCUT2D eigenvalue weighted by atomic mass is 19.1. The van der Waals surface area contributed by atoms with E-state index in [0.717, 1.165) is 6.07 Å². The maximum atomic E-state index is 13.6. The van der Waals surface area contributed by atoms with Gasteiger partial charge in [0.25, 0.3) is 5.69 Å². The summed E-state index contributed by atoms with van der Waals surface area (Å²) in [5.74, 6) is -0.623. The molecule has 1 unspecified atom stereocenters. The number of methoxy groups -OCH3 is 1. The maximum absolute atomic E-state index is 13.6. The molecular weight excluding hydrogens is 255 g/mol. The Morgan fingerprint density at radius 3 is 2.79 bits per heavy atom. The first-order valence-electron chi connectivity index (χ1n) is 5.72. The van der Waals surface area contributed by atoms with Crippen LogP contribution in [0.2, 0.25) is 0 Å². The second-order valence-corrected chi connectivity index (χ2v) is 4.34. The number of aliphatic hydroxyl groups is 1. The van der Waals surface area contributed by atoms with Crippen LogP contribution in [-0.4, -0.2) is 48.3 Å². The van der Waals surface area contributed by atoms with Gasteiger partial charge < -0.3 is 9.84 Å². The molecule has 0 aliphatic heterocycles. The highest BCUT2D eigenvalue weighted by molar-refractivity contribution is 5.34. The van der Waals surface area contributed by atoms with Gasteiger partial charge in [0.1, 0.15) is 5.82 Å². The second kappa shape index (κ2) is 7.13. The third-order valence-corrected chi connectivity index (χ3v) is 2.57. The van der Waals surface area contributed by atoms with Gasteiger partial charge in [-0.15, -0.1) is 0 Å². The van der Waals surface area contributed by atoms with E-state index in [1.165, 1.54) is 19.2 Å². The molecule has 0 radical (unpaired) electrons. The van der Waals surface area contributed by atoms with Crippen molar-refractivity contribution in [1.29, 1.82) is 0 Å². The van der Waals surface area contributed by atoms with Gasteiger partial charge in [0.15, 0.2) is 0 Å². The van der Waals surface area contributed by atoms with Gasteiger partial charge in [0.2, 0.25) is 0 Å². The summed E-state index contributed by atoms with van der Waals surface area (Å²) in [5, 5.41) is 20.0. The number of aliphatic hydroxyl groups excluding tert-OH is 1. The van der Waals surface area contributed by atoms with Crippen LogP contribution in [0.5, 0.6) is 0 Å². The summed E-state index contributed by atoms with van der Waals surface area (Å²) in [4.78, 5) is 11.6. The van der Waals surface area contributed by atoms with Crippen molar-refractivity contribution in [3.8, 4) is 0 Å². The van der Waals surface area contributed by atoms with E-state index in [1.807, 2.05) is 0 Å². The number of halogens is 1. The van der Waals surface area contributed by atoms with E-state index in [1.54, 1.807) is 11.9 Å². The van der Waals surface area contributed by atoms with E-state index in [-0.39, 0.29) is 18.8 Å². The number of nitro groups is 1. The monoisotopic (exact) mass is 272 g/mol. The van der Waals surface area contributed by atoms with Crippen molar-refractivity contribution in [3.63, 3.8) is 0 Å². The number of ether oxygens (including phenoxy) is 1.